The minimum atomic E-state index is -0.247. The van der Waals surface area contributed by atoms with E-state index in [1.807, 2.05) is 13.8 Å². The predicted molar refractivity (Wildman–Crippen MR) is 57.3 cm³/mol. The summed E-state index contributed by atoms with van der Waals surface area (Å²) in [5.74, 6) is 1.43. The normalized spacial score (nSPS) is 10.4. The van der Waals surface area contributed by atoms with Gasteiger partial charge in [0, 0.05) is 5.56 Å². The van der Waals surface area contributed by atoms with Gasteiger partial charge >= 0.3 is 0 Å². The molecule has 2 rings (SSSR count). The highest BCUT2D eigenvalue weighted by Crippen LogP contribution is 2.21. The average molecular weight is 220 g/mol. The first kappa shape index (κ1) is 10.4. The largest absolute Gasteiger partial charge is 0.466 e. The Morgan fingerprint density at radius 2 is 2.12 bits per heavy atom. The number of rotatable bonds is 2. The monoisotopic (exact) mass is 220 g/mol. The second kappa shape index (κ2) is 3.80. The van der Waals surface area contributed by atoms with Crippen molar-refractivity contribution in [3.05, 3.63) is 29.0 Å². The highest BCUT2D eigenvalue weighted by Gasteiger charge is 2.19. The quantitative estimate of drug-likeness (QED) is 0.804. The second-order valence-electron chi connectivity index (χ2n) is 3.50. The molecule has 0 saturated heterocycles. The summed E-state index contributed by atoms with van der Waals surface area (Å²) < 4.78 is 5.38. The molecular weight excluding hydrogens is 208 g/mol. The molecule has 0 aromatic carbocycles. The number of furan rings is 1. The lowest BCUT2D eigenvalue weighted by Gasteiger charge is -2.00. The van der Waals surface area contributed by atoms with E-state index in [0.29, 0.717) is 17.3 Å². The van der Waals surface area contributed by atoms with Gasteiger partial charge in [0.1, 0.15) is 17.8 Å². The molecule has 2 aromatic rings. The molecular formula is C10H12N4O2. The minimum absolute atomic E-state index is 0.247. The molecule has 2 N–H and O–H groups in total. The number of carbonyl (C=O) groups is 1. The van der Waals surface area contributed by atoms with Gasteiger partial charge in [-0.2, -0.15) is 10.1 Å². The van der Waals surface area contributed by atoms with Crippen LogP contribution in [0.25, 0.3) is 0 Å². The molecule has 0 unspecified atom stereocenters. The average Bonchev–Trinajstić information content (AvgIpc) is 2.77. The van der Waals surface area contributed by atoms with E-state index >= 15 is 0 Å². The Morgan fingerprint density at radius 3 is 2.62 bits per heavy atom. The zero-order valence-corrected chi connectivity index (χ0v) is 9.29. The maximum atomic E-state index is 11.9. The fourth-order valence-corrected chi connectivity index (χ4v) is 1.56. The molecule has 0 fully saturated rings. The molecule has 0 aliphatic carbocycles. The second-order valence-corrected chi connectivity index (χ2v) is 3.50. The highest BCUT2D eigenvalue weighted by molar-refractivity contribution is 6.05. The van der Waals surface area contributed by atoms with Crippen molar-refractivity contribution >= 4 is 11.9 Å². The van der Waals surface area contributed by atoms with Crippen molar-refractivity contribution in [2.24, 2.45) is 0 Å². The Kier molecular flexibility index (Phi) is 2.47. The van der Waals surface area contributed by atoms with Gasteiger partial charge in [-0.15, -0.1) is 0 Å². The first-order chi connectivity index (χ1) is 7.59. The first-order valence-corrected chi connectivity index (χ1v) is 4.83. The molecule has 1 amide bonds. The summed E-state index contributed by atoms with van der Waals surface area (Å²) in [5.41, 5.74) is 1.39. The van der Waals surface area contributed by atoms with Crippen LogP contribution in [0, 0.1) is 20.8 Å². The number of anilines is 1. The van der Waals surface area contributed by atoms with E-state index in [4.69, 9.17) is 4.42 Å². The number of aromatic amines is 1. The first-order valence-electron chi connectivity index (χ1n) is 4.83. The molecule has 0 atom stereocenters. The summed E-state index contributed by atoms with van der Waals surface area (Å²) in [5, 5.41) is 8.81. The maximum Gasteiger partial charge on any atom is 0.261 e. The standard InChI is InChI=1S/C10H12N4O2/c1-5-6(2)16-7(3)8(5)9(15)13-10-11-4-12-14-10/h4H,1-3H3,(H2,11,12,13,14,15). The van der Waals surface area contributed by atoms with Gasteiger partial charge in [-0.1, -0.05) is 0 Å². The maximum absolute atomic E-state index is 11.9. The number of nitrogens with one attached hydrogen (secondary N) is 2. The third-order valence-corrected chi connectivity index (χ3v) is 2.44. The molecule has 0 spiro atoms. The van der Waals surface area contributed by atoms with Crippen molar-refractivity contribution in [3.63, 3.8) is 0 Å². The van der Waals surface area contributed by atoms with Crippen LogP contribution in [0.2, 0.25) is 0 Å². The van der Waals surface area contributed by atoms with Gasteiger partial charge in [0.05, 0.1) is 5.56 Å². The van der Waals surface area contributed by atoms with Crippen molar-refractivity contribution in [2.45, 2.75) is 20.8 Å². The number of aromatic nitrogens is 3. The van der Waals surface area contributed by atoms with E-state index in [-0.39, 0.29) is 5.91 Å². The number of amides is 1. The van der Waals surface area contributed by atoms with Gasteiger partial charge in [-0.05, 0) is 20.8 Å². The molecule has 0 aliphatic heterocycles. The molecule has 84 valence electrons. The van der Waals surface area contributed by atoms with Crippen molar-refractivity contribution in [1.29, 1.82) is 0 Å². The van der Waals surface area contributed by atoms with Crippen molar-refractivity contribution < 1.29 is 9.21 Å². The smallest absolute Gasteiger partial charge is 0.261 e. The lowest BCUT2D eigenvalue weighted by Crippen LogP contribution is -2.14. The van der Waals surface area contributed by atoms with Crippen molar-refractivity contribution in [1.82, 2.24) is 15.2 Å². The van der Waals surface area contributed by atoms with Gasteiger partial charge in [0.25, 0.3) is 5.91 Å². The van der Waals surface area contributed by atoms with Gasteiger partial charge in [0.15, 0.2) is 0 Å². The third kappa shape index (κ3) is 1.69. The summed E-state index contributed by atoms with van der Waals surface area (Å²) in [4.78, 5) is 15.7. The number of nitrogens with zero attached hydrogens (tertiary/aromatic N) is 2. The molecule has 0 radical (unpaired) electrons. The number of hydrogen-bond donors (Lipinski definition) is 2. The van der Waals surface area contributed by atoms with Crippen molar-refractivity contribution in [2.75, 3.05) is 5.32 Å². The van der Waals surface area contributed by atoms with E-state index in [9.17, 15) is 4.79 Å². The van der Waals surface area contributed by atoms with Crippen LogP contribution in [0.15, 0.2) is 10.7 Å². The lowest BCUT2D eigenvalue weighted by molar-refractivity contribution is 0.102. The third-order valence-electron chi connectivity index (χ3n) is 2.44. The molecule has 6 heteroatoms. The highest BCUT2D eigenvalue weighted by atomic mass is 16.3. The van der Waals surface area contributed by atoms with Gasteiger partial charge in [-0.25, -0.2) is 5.10 Å². The Morgan fingerprint density at radius 1 is 1.38 bits per heavy atom. The summed E-state index contributed by atoms with van der Waals surface area (Å²) in [6.45, 7) is 5.43. The van der Waals surface area contributed by atoms with E-state index in [1.54, 1.807) is 6.92 Å². The van der Waals surface area contributed by atoms with Crippen LogP contribution in [-0.2, 0) is 0 Å². The van der Waals surface area contributed by atoms with Gasteiger partial charge in [-0.3, -0.25) is 10.1 Å². The number of carbonyl (C=O) groups excluding carboxylic acids is 1. The van der Waals surface area contributed by atoms with E-state index in [1.165, 1.54) is 6.33 Å². The zero-order valence-electron chi connectivity index (χ0n) is 9.29. The molecule has 0 saturated carbocycles. The molecule has 2 heterocycles. The molecule has 0 aliphatic rings. The summed E-state index contributed by atoms with van der Waals surface area (Å²) >= 11 is 0. The minimum Gasteiger partial charge on any atom is -0.466 e. The Labute approximate surface area is 92.1 Å². The summed E-state index contributed by atoms with van der Waals surface area (Å²) in [6, 6.07) is 0. The topological polar surface area (TPSA) is 83.8 Å². The number of hydrogen-bond acceptors (Lipinski definition) is 4. The van der Waals surface area contributed by atoms with Crippen LogP contribution in [0.1, 0.15) is 27.4 Å². The molecule has 16 heavy (non-hydrogen) atoms. The fraction of sp³-hybridized carbons (Fsp3) is 0.300. The fourth-order valence-electron chi connectivity index (χ4n) is 1.56. The predicted octanol–water partition coefficient (Wildman–Crippen LogP) is 1.58. The number of aryl methyl sites for hydroxylation is 2. The molecule has 2 aromatic heterocycles. The van der Waals surface area contributed by atoms with Crippen LogP contribution < -0.4 is 5.32 Å². The zero-order chi connectivity index (χ0) is 11.7. The lowest BCUT2D eigenvalue weighted by atomic mass is 10.1. The summed E-state index contributed by atoms with van der Waals surface area (Å²) in [7, 11) is 0. The van der Waals surface area contributed by atoms with Crippen LogP contribution in [0.5, 0.6) is 0 Å². The van der Waals surface area contributed by atoms with Crippen LogP contribution in [0.4, 0.5) is 5.95 Å². The Hall–Kier alpha value is -2.11. The van der Waals surface area contributed by atoms with Gasteiger partial charge in [0.2, 0.25) is 5.95 Å². The van der Waals surface area contributed by atoms with E-state index in [0.717, 1.165) is 11.3 Å². The molecule has 0 bridgehead atoms. The van der Waals surface area contributed by atoms with Gasteiger partial charge < -0.3 is 4.42 Å². The van der Waals surface area contributed by atoms with Crippen LogP contribution in [0.3, 0.4) is 0 Å². The van der Waals surface area contributed by atoms with E-state index < -0.39 is 0 Å². The van der Waals surface area contributed by atoms with E-state index in [2.05, 4.69) is 20.5 Å². The number of H-pyrrole nitrogens is 1. The Balaban J connectivity index is 2.27. The molecule has 6 nitrogen and oxygen atoms in total. The SMILES string of the molecule is Cc1oc(C)c(C(=O)Nc2ncn[nH]2)c1C. The van der Waals surface area contributed by atoms with Crippen LogP contribution >= 0.6 is 0 Å². The Bertz CT molecular complexity index is 513. The van der Waals surface area contributed by atoms with Crippen molar-refractivity contribution in [3.8, 4) is 0 Å². The van der Waals surface area contributed by atoms with Crippen LogP contribution in [-0.4, -0.2) is 21.1 Å². The summed E-state index contributed by atoms with van der Waals surface area (Å²) in [6.07, 6.45) is 1.33.